The zero-order valence-corrected chi connectivity index (χ0v) is 14.4. The molecule has 2 rings (SSSR count). The molecule has 4 heteroatoms. The van der Waals surface area contributed by atoms with Crippen LogP contribution in [0.5, 0.6) is 5.75 Å². The van der Waals surface area contributed by atoms with E-state index in [1.54, 1.807) is 0 Å². The highest BCUT2D eigenvalue weighted by Gasteiger charge is 2.37. The molecule has 1 aliphatic heterocycles. The van der Waals surface area contributed by atoms with Crippen LogP contribution in [0, 0.1) is 5.41 Å². The molecule has 2 atom stereocenters. The van der Waals surface area contributed by atoms with Crippen LogP contribution in [0.1, 0.15) is 57.9 Å². The van der Waals surface area contributed by atoms with Crippen LogP contribution in [0.2, 0.25) is 0 Å². The minimum Gasteiger partial charge on any atom is -0.491 e. The summed E-state index contributed by atoms with van der Waals surface area (Å²) in [5.41, 5.74) is 0.293. The third kappa shape index (κ3) is 4.96. The number of ether oxygens (including phenoxy) is 2. The van der Waals surface area contributed by atoms with E-state index >= 15 is 0 Å². The van der Waals surface area contributed by atoms with E-state index in [4.69, 9.17) is 9.47 Å². The van der Waals surface area contributed by atoms with Crippen molar-refractivity contribution >= 4 is 5.97 Å². The molecule has 1 N–H and O–H groups in total. The van der Waals surface area contributed by atoms with Crippen molar-refractivity contribution in [3.63, 3.8) is 0 Å². The van der Waals surface area contributed by atoms with Crippen molar-refractivity contribution in [1.82, 2.24) is 0 Å². The molecule has 0 bridgehead atoms. The quantitative estimate of drug-likeness (QED) is 0.517. The Morgan fingerprint density at radius 2 is 2.00 bits per heavy atom. The van der Waals surface area contributed by atoms with Gasteiger partial charge in [-0.05, 0) is 43.9 Å². The van der Waals surface area contributed by atoms with Crippen LogP contribution in [-0.4, -0.2) is 30.4 Å². The number of hydrogen-bond donors (Lipinski definition) is 1. The van der Waals surface area contributed by atoms with E-state index in [1.807, 2.05) is 38.1 Å². The van der Waals surface area contributed by atoms with Crippen molar-refractivity contribution in [2.24, 2.45) is 5.41 Å². The lowest BCUT2D eigenvalue weighted by Gasteiger charge is -2.31. The first kappa shape index (κ1) is 17.8. The summed E-state index contributed by atoms with van der Waals surface area (Å²) < 4.78 is 10.8. The zero-order chi connectivity index (χ0) is 16.9. The van der Waals surface area contributed by atoms with Crippen LogP contribution < -0.4 is 4.74 Å². The van der Waals surface area contributed by atoms with E-state index < -0.39 is 11.4 Å². The largest absolute Gasteiger partial charge is 0.491 e. The van der Waals surface area contributed by atoms with Gasteiger partial charge in [0, 0.05) is 0 Å². The molecule has 0 radical (unpaired) electrons. The Bertz CT molecular complexity index is 503. The molecule has 0 aliphatic carbocycles. The molecule has 1 aromatic rings. The van der Waals surface area contributed by atoms with Gasteiger partial charge in [-0.25, -0.2) is 0 Å². The summed E-state index contributed by atoms with van der Waals surface area (Å²) in [7, 11) is 0. The highest BCUT2D eigenvalue weighted by atomic mass is 16.6. The maximum absolute atomic E-state index is 11.7. The lowest BCUT2D eigenvalue weighted by molar-refractivity contribution is -0.148. The lowest BCUT2D eigenvalue weighted by Crippen LogP contribution is -2.31. The van der Waals surface area contributed by atoms with Gasteiger partial charge in [0.2, 0.25) is 0 Å². The van der Waals surface area contributed by atoms with Gasteiger partial charge in [0.05, 0.1) is 12.0 Å². The number of benzene rings is 1. The van der Waals surface area contributed by atoms with Gasteiger partial charge in [0.25, 0.3) is 0 Å². The van der Waals surface area contributed by atoms with Crippen LogP contribution in [0.15, 0.2) is 24.3 Å². The van der Waals surface area contributed by atoms with Crippen molar-refractivity contribution in [3.05, 3.63) is 29.8 Å². The topological polar surface area (TPSA) is 59.1 Å². The molecular weight excluding hydrogens is 292 g/mol. The van der Waals surface area contributed by atoms with Gasteiger partial charge in [0.1, 0.15) is 18.5 Å². The number of rotatable bonds is 10. The van der Waals surface area contributed by atoms with Gasteiger partial charge >= 0.3 is 5.97 Å². The fraction of sp³-hybridized carbons (Fsp3) is 0.632. The third-order valence-electron chi connectivity index (χ3n) is 4.64. The Morgan fingerprint density at radius 1 is 1.35 bits per heavy atom. The summed E-state index contributed by atoms with van der Waals surface area (Å²) in [6.07, 6.45) is 4.45. The first-order valence-electron chi connectivity index (χ1n) is 8.53. The molecule has 1 unspecified atom stereocenters. The zero-order valence-electron chi connectivity index (χ0n) is 14.4. The highest BCUT2D eigenvalue weighted by molar-refractivity contribution is 5.75. The van der Waals surface area contributed by atoms with E-state index in [-0.39, 0.29) is 12.0 Å². The molecule has 0 saturated carbocycles. The standard InChI is InChI=1S/C19H28O4/c1-4-5-6-7-17(19(2,3)18(20)21)14-8-10-15(11-9-14)22-12-16-13-23-16/h8-11,16-17H,4-7,12-13H2,1-3H3,(H,20,21)/t16?,17-/m0/s1. The van der Waals surface area contributed by atoms with Crippen molar-refractivity contribution in [1.29, 1.82) is 0 Å². The number of unbranched alkanes of at least 4 members (excludes halogenated alkanes) is 2. The Hall–Kier alpha value is -1.55. The van der Waals surface area contributed by atoms with Gasteiger partial charge < -0.3 is 14.6 Å². The van der Waals surface area contributed by atoms with Crippen LogP contribution >= 0.6 is 0 Å². The first-order valence-corrected chi connectivity index (χ1v) is 8.53. The average Bonchev–Trinajstić information content (AvgIpc) is 3.34. The van der Waals surface area contributed by atoms with Gasteiger partial charge in [-0.2, -0.15) is 0 Å². The number of aliphatic carboxylic acids is 1. The number of epoxide rings is 1. The summed E-state index contributed by atoms with van der Waals surface area (Å²) >= 11 is 0. The molecule has 1 aromatic carbocycles. The van der Waals surface area contributed by atoms with E-state index in [0.29, 0.717) is 6.61 Å². The van der Waals surface area contributed by atoms with Gasteiger partial charge in [0.15, 0.2) is 0 Å². The second kappa shape index (κ2) is 7.82. The van der Waals surface area contributed by atoms with Crippen molar-refractivity contribution in [2.45, 2.75) is 58.5 Å². The molecule has 1 saturated heterocycles. The summed E-state index contributed by atoms with van der Waals surface area (Å²) in [5, 5.41) is 9.60. The predicted octanol–water partition coefficient (Wildman–Crippen LogP) is 4.24. The Labute approximate surface area is 138 Å². The normalized spacial score (nSPS) is 18.5. The van der Waals surface area contributed by atoms with Crippen molar-refractivity contribution < 1.29 is 19.4 Å². The molecule has 1 fully saturated rings. The predicted molar refractivity (Wildman–Crippen MR) is 90.0 cm³/mol. The first-order chi connectivity index (χ1) is 10.9. The van der Waals surface area contributed by atoms with Gasteiger partial charge in [-0.3, -0.25) is 4.79 Å². The summed E-state index contributed by atoms with van der Waals surface area (Å²) in [6.45, 7) is 7.17. The van der Waals surface area contributed by atoms with Gasteiger partial charge in [-0.1, -0.05) is 38.3 Å². The van der Waals surface area contributed by atoms with Crippen molar-refractivity contribution in [2.75, 3.05) is 13.2 Å². The Morgan fingerprint density at radius 3 is 2.52 bits per heavy atom. The molecule has 1 aliphatic rings. The molecular formula is C19H28O4. The molecule has 0 spiro atoms. The van der Waals surface area contributed by atoms with Crippen LogP contribution in [0.4, 0.5) is 0 Å². The van der Waals surface area contributed by atoms with E-state index in [0.717, 1.165) is 43.6 Å². The molecule has 0 amide bonds. The lowest BCUT2D eigenvalue weighted by atomic mass is 9.72. The van der Waals surface area contributed by atoms with E-state index in [9.17, 15) is 9.90 Å². The SMILES string of the molecule is CCCCC[C@@H](c1ccc(OCC2CO2)cc1)C(C)(C)C(=O)O. The molecule has 128 valence electrons. The van der Waals surface area contributed by atoms with Crippen molar-refractivity contribution in [3.8, 4) is 5.75 Å². The molecule has 1 heterocycles. The fourth-order valence-corrected chi connectivity index (χ4v) is 2.84. The average molecular weight is 320 g/mol. The minimum atomic E-state index is -0.780. The van der Waals surface area contributed by atoms with Gasteiger partial charge in [-0.15, -0.1) is 0 Å². The summed E-state index contributed by atoms with van der Waals surface area (Å²) in [6, 6.07) is 7.87. The Balaban J connectivity index is 2.08. The second-order valence-electron chi connectivity index (χ2n) is 6.91. The van der Waals surface area contributed by atoms with E-state index in [2.05, 4.69) is 6.92 Å². The van der Waals surface area contributed by atoms with E-state index in [1.165, 1.54) is 0 Å². The van der Waals surface area contributed by atoms with Crippen LogP contribution in [0.25, 0.3) is 0 Å². The number of carboxylic acid groups (broad SMARTS) is 1. The monoisotopic (exact) mass is 320 g/mol. The number of hydrogen-bond acceptors (Lipinski definition) is 3. The molecule has 0 aromatic heterocycles. The summed E-state index contributed by atoms with van der Waals surface area (Å²) in [4.78, 5) is 11.7. The number of carbonyl (C=O) groups is 1. The maximum atomic E-state index is 11.7. The number of carboxylic acids is 1. The highest BCUT2D eigenvalue weighted by Crippen LogP contribution is 2.40. The third-order valence-corrected chi connectivity index (χ3v) is 4.64. The van der Waals surface area contributed by atoms with Crippen LogP contribution in [0.3, 0.4) is 0 Å². The maximum Gasteiger partial charge on any atom is 0.309 e. The molecule has 23 heavy (non-hydrogen) atoms. The second-order valence-corrected chi connectivity index (χ2v) is 6.91. The fourth-order valence-electron chi connectivity index (χ4n) is 2.84. The Kier molecular flexibility index (Phi) is 6.05. The van der Waals surface area contributed by atoms with Crippen LogP contribution in [-0.2, 0) is 9.53 Å². The molecule has 4 nitrogen and oxygen atoms in total. The minimum absolute atomic E-state index is 0.00682. The smallest absolute Gasteiger partial charge is 0.309 e. The summed E-state index contributed by atoms with van der Waals surface area (Å²) in [5.74, 6) is 0.0715.